The first-order chi connectivity index (χ1) is 8.24. The van der Waals surface area contributed by atoms with Crippen molar-refractivity contribution < 1.29 is 0 Å². The topological polar surface area (TPSA) is 46.5 Å². The van der Waals surface area contributed by atoms with Crippen LogP contribution in [0.2, 0.25) is 0 Å². The molecule has 0 saturated carbocycles. The molecule has 2 aromatic rings. The molecule has 2 aromatic heterocycles. The number of rotatable bonds is 4. The molecule has 5 heteroatoms. The van der Waals surface area contributed by atoms with Crippen molar-refractivity contribution >= 4 is 12.2 Å². The Kier molecular flexibility index (Phi) is 3.68. The van der Waals surface area contributed by atoms with Crippen LogP contribution in [0.1, 0.15) is 32.7 Å². The summed E-state index contributed by atoms with van der Waals surface area (Å²) in [6.45, 7) is 4.33. The summed E-state index contributed by atoms with van der Waals surface area (Å²) in [4.78, 5) is 4.12. The van der Waals surface area contributed by atoms with E-state index >= 15 is 0 Å². The number of hydrogen-bond donors (Lipinski definition) is 1. The number of nitrogens with zero attached hydrogens (tertiary/aromatic N) is 3. The van der Waals surface area contributed by atoms with Gasteiger partial charge in [-0.15, -0.1) is 0 Å². The molecule has 1 atom stereocenters. The Labute approximate surface area is 106 Å². The van der Waals surface area contributed by atoms with Crippen LogP contribution in [0.4, 0.5) is 0 Å². The standard InChI is InChI=1S/C12H16N4S/c1-3-5-9(2)16-11(14-15-12(16)17)10-6-4-7-13-8-10/h4,6-9H,3,5H2,1-2H3,(H,15,17). The second-order valence-corrected chi connectivity index (χ2v) is 4.49. The van der Waals surface area contributed by atoms with Crippen LogP contribution in [0.15, 0.2) is 24.5 Å². The first-order valence-electron chi connectivity index (χ1n) is 5.81. The van der Waals surface area contributed by atoms with Gasteiger partial charge in [-0.2, -0.15) is 5.10 Å². The third-order valence-corrected chi connectivity index (χ3v) is 3.06. The summed E-state index contributed by atoms with van der Waals surface area (Å²) in [6.07, 6.45) is 5.77. The predicted octanol–water partition coefficient (Wildman–Crippen LogP) is 3.36. The minimum absolute atomic E-state index is 0.349. The van der Waals surface area contributed by atoms with Gasteiger partial charge >= 0.3 is 0 Å². The third-order valence-electron chi connectivity index (χ3n) is 2.77. The number of hydrogen-bond acceptors (Lipinski definition) is 3. The van der Waals surface area contributed by atoms with Gasteiger partial charge in [-0.05, 0) is 37.7 Å². The van der Waals surface area contributed by atoms with E-state index in [0.717, 1.165) is 24.2 Å². The Balaban J connectivity index is 2.46. The molecule has 1 unspecified atom stereocenters. The van der Waals surface area contributed by atoms with Gasteiger partial charge in [-0.25, -0.2) is 0 Å². The van der Waals surface area contributed by atoms with Gasteiger partial charge in [0.15, 0.2) is 10.6 Å². The number of H-pyrrole nitrogens is 1. The third kappa shape index (κ3) is 2.44. The van der Waals surface area contributed by atoms with Gasteiger partial charge in [-0.3, -0.25) is 14.6 Å². The quantitative estimate of drug-likeness (QED) is 0.844. The molecule has 0 saturated heterocycles. The number of aromatic nitrogens is 4. The zero-order chi connectivity index (χ0) is 12.3. The fraction of sp³-hybridized carbons (Fsp3) is 0.417. The first-order valence-corrected chi connectivity index (χ1v) is 6.22. The van der Waals surface area contributed by atoms with E-state index in [0.29, 0.717) is 10.8 Å². The van der Waals surface area contributed by atoms with E-state index in [9.17, 15) is 0 Å². The molecule has 90 valence electrons. The van der Waals surface area contributed by atoms with Crippen molar-refractivity contribution in [2.45, 2.75) is 32.7 Å². The summed E-state index contributed by atoms with van der Waals surface area (Å²) in [7, 11) is 0. The van der Waals surface area contributed by atoms with Gasteiger partial charge in [0.2, 0.25) is 0 Å². The second-order valence-electron chi connectivity index (χ2n) is 4.10. The molecule has 17 heavy (non-hydrogen) atoms. The van der Waals surface area contributed by atoms with Gasteiger partial charge in [0, 0.05) is 24.0 Å². The van der Waals surface area contributed by atoms with Crippen molar-refractivity contribution in [1.29, 1.82) is 0 Å². The number of pyridine rings is 1. The number of nitrogens with one attached hydrogen (secondary N) is 1. The first kappa shape index (κ1) is 12.0. The van der Waals surface area contributed by atoms with Crippen LogP contribution in [0.25, 0.3) is 11.4 Å². The highest BCUT2D eigenvalue weighted by Gasteiger charge is 2.13. The molecule has 4 nitrogen and oxygen atoms in total. The van der Waals surface area contributed by atoms with Crippen LogP contribution in [0, 0.1) is 4.77 Å². The lowest BCUT2D eigenvalue weighted by Gasteiger charge is -2.14. The Morgan fingerprint density at radius 2 is 2.35 bits per heavy atom. The molecule has 0 fully saturated rings. The van der Waals surface area contributed by atoms with Crippen molar-refractivity contribution in [2.24, 2.45) is 0 Å². The summed E-state index contributed by atoms with van der Waals surface area (Å²) in [6, 6.07) is 4.25. The van der Waals surface area contributed by atoms with Crippen molar-refractivity contribution in [2.75, 3.05) is 0 Å². The lowest BCUT2D eigenvalue weighted by molar-refractivity contribution is 0.498. The van der Waals surface area contributed by atoms with Crippen LogP contribution in [0.3, 0.4) is 0 Å². The molecule has 0 aliphatic rings. The zero-order valence-electron chi connectivity index (χ0n) is 10.1. The van der Waals surface area contributed by atoms with Gasteiger partial charge in [0.25, 0.3) is 0 Å². The van der Waals surface area contributed by atoms with Crippen molar-refractivity contribution in [3.8, 4) is 11.4 Å². The highest BCUT2D eigenvalue weighted by atomic mass is 32.1. The minimum Gasteiger partial charge on any atom is -0.297 e. The van der Waals surface area contributed by atoms with Gasteiger partial charge < -0.3 is 0 Å². The van der Waals surface area contributed by atoms with Crippen LogP contribution in [0.5, 0.6) is 0 Å². The highest BCUT2D eigenvalue weighted by molar-refractivity contribution is 7.71. The van der Waals surface area contributed by atoms with Crippen LogP contribution in [-0.4, -0.2) is 19.7 Å². The summed E-state index contributed by atoms with van der Waals surface area (Å²) in [5, 5.41) is 7.16. The molecule has 0 aliphatic carbocycles. The Morgan fingerprint density at radius 1 is 1.53 bits per heavy atom. The molecule has 0 aliphatic heterocycles. The van der Waals surface area contributed by atoms with Crippen molar-refractivity contribution in [3.63, 3.8) is 0 Å². The largest absolute Gasteiger partial charge is 0.297 e. The van der Waals surface area contributed by atoms with E-state index in [1.165, 1.54) is 0 Å². The lowest BCUT2D eigenvalue weighted by Crippen LogP contribution is -2.07. The molecule has 2 rings (SSSR count). The van der Waals surface area contributed by atoms with E-state index in [-0.39, 0.29) is 0 Å². The summed E-state index contributed by atoms with van der Waals surface area (Å²) in [5.41, 5.74) is 0.989. The molecule has 2 heterocycles. The van der Waals surface area contributed by atoms with E-state index < -0.39 is 0 Å². The fourth-order valence-electron chi connectivity index (χ4n) is 1.96. The van der Waals surface area contributed by atoms with Crippen molar-refractivity contribution in [1.82, 2.24) is 19.7 Å². The van der Waals surface area contributed by atoms with Crippen molar-refractivity contribution in [3.05, 3.63) is 29.3 Å². The average Bonchev–Trinajstić information content (AvgIpc) is 2.73. The Bertz CT molecular complexity index is 529. The molecular formula is C12H16N4S. The van der Waals surface area contributed by atoms with Crippen LogP contribution in [-0.2, 0) is 0 Å². The SMILES string of the molecule is CCCC(C)n1c(-c2cccnc2)n[nH]c1=S. The lowest BCUT2D eigenvalue weighted by atomic mass is 10.2. The highest BCUT2D eigenvalue weighted by Crippen LogP contribution is 2.22. The molecular weight excluding hydrogens is 232 g/mol. The van der Waals surface area contributed by atoms with E-state index in [4.69, 9.17) is 12.2 Å². The average molecular weight is 248 g/mol. The zero-order valence-corrected chi connectivity index (χ0v) is 10.9. The minimum atomic E-state index is 0.349. The maximum absolute atomic E-state index is 5.29. The van der Waals surface area contributed by atoms with E-state index in [1.54, 1.807) is 12.4 Å². The molecule has 1 N–H and O–H groups in total. The number of aromatic amines is 1. The Hall–Kier alpha value is -1.49. The summed E-state index contributed by atoms with van der Waals surface area (Å²) < 4.78 is 2.74. The van der Waals surface area contributed by atoms with Crippen LogP contribution < -0.4 is 0 Å². The predicted molar refractivity (Wildman–Crippen MR) is 70.3 cm³/mol. The normalized spacial score (nSPS) is 12.6. The molecule has 0 bridgehead atoms. The van der Waals surface area contributed by atoms with E-state index in [1.807, 2.05) is 12.1 Å². The summed E-state index contributed by atoms with van der Waals surface area (Å²) in [5.74, 6) is 0.865. The maximum atomic E-state index is 5.29. The second kappa shape index (κ2) is 5.23. The van der Waals surface area contributed by atoms with Gasteiger partial charge in [0.05, 0.1) is 0 Å². The molecule has 0 radical (unpaired) electrons. The summed E-state index contributed by atoms with van der Waals surface area (Å²) >= 11 is 5.29. The van der Waals surface area contributed by atoms with Gasteiger partial charge in [-0.1, -0.05) is 13.3 Å². The molecule has 0 aromatic carbocycles. The Morgan fingerprint density at radius 3 is 3.00 bits per heavy atom. The van der Waals surface area contributed by atoms with Gasteiger partial charge in [0.1, 0.15) is 0 Å². The molecule has 0 amide bonds. The fourth-order valence-corrected chi connectivity index (χ4v) is 2.27. The van der Waals surface area contributed by atoms with E-state index in [2.05, 4.69) is 33.6 Å². The smallest absolute Gasteiger partial charge is 0.195 e. The maximum Gasteiger partial charge on any atom is 0.195 e. The van der Waals surface area contributed by atoms with Crippen LogP contribution >= 0.6 is 12.2 Å². The molecule has 0 spiro atoms. The monoisotopic (exact) mass is 248 g/mol.